The normalized spacial score (nSPS) is 19.0. The SMILES string of the molecule is O=C(O)C1=CCCCC1S(=O)(=O)Nc1cccc(F)c1F. The molecule has 0 fully saturated rings. The highest BCUT2D eigenvalue weighted by molar-refractivity contribution is 7.93. The summed E-state index contributed by atoms with van der Waals surface area (Å²) < 4.78 is 53.0. The van der Waals surface area contributed by atoms with Crippen molar-refractivity contribution in [3.8, 4) is 0 Å². The Balaban J connectivity index is 2.34. The lowest BCUT2D eigenvalue weighted by Gasteiger charge is -2.22. The molecule has 1 aromatic carbocycles. The summed E-state index contributed by atoms with van der Waals surface area (Å²) in [6, 6.07) is 3.09. The Labute approximate surface area is 120 Å². The molecule has 0 aliphatic heterocycles. The number of anilines is 1. The molecule has 21 heavy (non-hydrogen) atoms. The third-order valence-corrected chi connectivity index (χ3v) is 4.95. The van der Waals surface area contributed by atoms with Crippen LogP contribution in [0.5, 0.6) is 0 Å². The molecule has 0 saturated heterocycles. The predicted octanol–water partition coefficient (Wildman–Crippen LogP) is 2.27. The third-order valence-electron chi connectivity index (χ3n) is 3.21. The zero-order chi connectivity index (χ0) is 15.6. The molecule has 0 saturated carbocycles. The van der Waals surface area contributed by atoms with Crippen LogP contribution in [0.25, 0.3) is 0 Å². The van der Waals surface area contributed by atoms with E-state index in [9.17, 15) is 22.0 Å². The molecule has 0 bridgehead atoms. The first-order chi connectivity index (χ1) is 9.83. The van der Waals surface area contributed by atoms with Gasteiger partial charge in [-0.15, -0.1) is 0 Å². The topological polar surface area (TPSA) is 83.5 Å². The molecule has 8 heteroatoms. The number of aliphatic carboxylic acids is 1. The Morgan fingerprint density at radius 1 is 1.33 bits per heavy atom. The van der Waals surface area contributed by atoms with Gasteiger partial charge in [0.2, 0.25) is 10.0 Å². The molecule has 0 spiro atoms. The van der Waals surface area contributed by atoms with E-state index in [0.717, 1.165) is 18.2 Å². The van der Waals surface area contributed by atoms with Gasteiger partial charge in [-0.25, -0.2) is 22.0 Å². The van der Waals surface area contributed by atoms with Crippen LogP contribution >= 0.6 is 0 Å². The van der Waals surface area contributed by atoms with Crippen LogP contribution in [0.1, 0.15) is 19.3 Å². The summed E-state index contributed by atoms with van der Waals surface area (Å²) in [5.41, 5.74) is -0.782. The lowest BCUT2D eigenvalue weighted by atomic mass is 9.99. The van der Waals surface area contributed by atoms with E-state index in [0.29, 0.717) is 12.8 Å². The quantitative estimate of drug-likeness (QED) is 0.892. The molecule has 1 unspecified atom stereocenters. The Morgan fingerprint density at radius 3 is 2.71 bits per heavy atom. The second-order valence-electron chi connectivity index (χ2n) is 4.63. The van der Waals surface area contributed by atoms with Gasteiger partial charge in [-0.05, 0) is 31.4 Å². The molecule has 2 rings (SSSR count). The highest BCUT2D eigenvalue weighted by Gasteiger charge is 2.34. The molecule has 2 N–H and O–H groups in total. The van der Waals surface area contributed by atoms with Gasteiger partial charge in [0.05, 0.1) is 11.3 Å². The highest BCUT2D eigenvalue weighted by Crippen LogP contribution is 2.27. The smallest absolute Gasteiger partial charge is 0.332 e. The molecule has 0 amide bonds. The zero-order valence-electron chi connectivity index (χ0n) is 10.8. The van der Waals surface area contributed by atoms with Crippen LogP contribution in [0.4, 0.5) is 14.5 Å². The number of rotatable bonds is 4. The standard InChI is InChI=1S/C13H13F2NO4S/c14-9-5-3-6-10(12(9)15)16-21(19,20)11-7-2-1-4-8(11)13(17)18/h3-6,11,16H,1-2,7H2,(H,17,18). The first-order valence-corrected chi connectivity index (χ1v) is 7.76. The van der Waals surface area contributed by atoms with Crippen molar-refractivity contribution in [3.63, 3.8) is 0 Å². The van der Waals surface area contributed by atoms with Crippen LogP contribution in [0.2, 0.25) is 0 Å². The van der Waals surface area contributed by atoms with Crippen molar-refractivity contribution >= 4 is 21.7 Å². The molecule has 0 aromatic heterocycles. The van der Waals surface area contributed by atoms with Crippen LogP contribution < -0.4 is 4.72 Å². The molecule has 1 atom stereocenters. The minimum absolute atomic E-state index is 0.115. The van der Waals surface area contributed by atoms with E-state index in [4.69, 9.17) is 5.11 Å². The lowest BCUT2D eigenvalue weighted by Crippen LogP contribution is -2.34. The number of allylic oxidation sites excluding steroid dienone is 1. The van der Waals surface area contributed by atoms with Crippen molar-refractivity contribution in [2.24, 2.45) is 0 Å². The van der Waals surface area contributed by atoms with Gasteiger partial charge in [0, 0.05) is 0 Å². The molecular formula is C13H13F2NO4S. The average Bonchev–Trinajstić information content (AvgIpc) is 2.44. The summed E-state index contributed by atoms with van der Waals surface area (Å²) in [4.78, 5) is 11.1. The minimum Gasteiger partial charge on any atom is -0.478 e. The van der Waals surface area contributed by atoms with E-state index >= 15 is 0 Å². The van der Waals surface area contributed by atoms with E-state index in [-0.39, 0.29) is 12.0 Å². The summed E-state index contributed by atoms with van der Waals surface area (Å²) >= 11 is 0. The number of carboxylic acid groups (broad SMARTS) is 1. The Bertz CT molecular complexity index is 700. The van der Waals surface area contributed by atoms with Crippen LogP contribution in [-0.4, -0.2) is 24.7 Å². The maximum Gasteiger partial charge on any atom is 0.332 e. The molecule has 1 aromatic rings. The maximum atomic E-state index is 13.5. The highest BCUT2D eigenvalue weighted by atomic mass is 32.2. The third kappa shape index (κ3) is 3.21. The number of sulfonamides is 1. The number of carbonyl (C=O) groups is 1. The fourth-order valence-corrected chi connectivity index (χ4v) is 3.82. The zero-order valence-corrected chi connectivity index (χ0v) is 11.7. The van der Waals surface area contributed by atoms with E-state index < -0.39 is 38.6 Å². The van der Waals surface area contributed by atoms with Gasteiger partial charge in [-0.2, -0.15) is 0 Å². The summed E-state index contributed by atoms with van der Waals surface area (Å²) in [6.45, 7) is 0. The van der Waals surface area contributed by atoms with Crippen molar-refractivity contribution in [3.05, 3.63) is 41.5 Å². The van der Waals surface area contributed by atoms with Gasteiger partial charge in [0.1, 0.15) is 5.25 Å². The van der Waals surface area contributed by atoms with Gasteiger partial charge in [0.15, 0.2) is 11.6 Å². The van der Waals surface area contributed by atoms with Gasteiger partial charge >= 0.3 is 5.97 Å². The largest absolute Gasteiger partial charge is 0.478 e. The van der Waals surface area contributed by atoms with Crippen LogP contribution in [0.3, 0.4) is 0 Å². The fourth-order valence-electron chi connectivity index (χ4n) is 2.20. The summed E-state index contributed by atoms with van der Waals surface area (Å²) in [7, 11) is -4.18. The maximum absolute atomic E-state index is 13.5. The molecule has 1 aliphatic carbocycles. The lowest BCUT2D eigenvalue weighted by molar-refractivity contribution is -0.132. The number of carboxylic acids is 1. The van der Waals surface area contributed by atoms with Crippen LogP contribution in [0.15, 0.2) is 29.8 Å². The van der Waals surface area contributed by atoms with E-state index in [1.165, 1.54) is 6.08 Å². The molecule has 5 nitrogen and oxygen atoms in total. The van der Waals surface area contributed by atoms with E-state index in [1.807, 2.05) is 4.72 Å². The molecular weight excluding hydrogens is 304 g/mol. The first kappa shape index (κ1) is 15.4. The Kier molecular flexibility index (Phi) is 4.26. The predicted molar refractivity (Wildman–Crippen MR) is 72.3 cm³/mol. The fraction of sp³-hybridized carbons (Fsp3) is 0.308. The van der Waals surface area contributed by atoms with Crippen LogP contribution in [0, 0.1) is 11.6 Å². The van der Waals surface area contributed by atoms with Crippen molar-refractivity contribution in [2.75, 3.05) is 4.72 Å². The Hall–Kier alpha value is -1.96. The number of hydrogen-bond acceptors (Lipinski definition) is 3. The number of halogens is 2. The van der Waals surface area contributed by atoms with E-state index in [1.54, 1.807) is 0 Å². The van der Waals surface area contributed by atoms with Gasteiger partial charge in [-0.1, -0.05) is 12.1 Å². The Morgan fingerprint density at radius 2 is 2.05 bits per heavy atom. The van der Waals surface area contributed by atoms with Crippen LogP contribution in [-0.2, 0) is 14.8 Å². The number of benzene rings is 1. The molecule has 0 heterocycles. The summed E-state index contributed by atoms with van der Waals surface area (Å²) in [6.07, 6.45) is 2.44. The summed E-state index contributed by atoms with van der Waals surface area (Å²) in [5, 5.41) is 7.76. The van der Waals surface area contributed by atoms with Gasteiger partial charge in [0.25, 0.3) is 0 Å². The number of hydrogen-bond donors (Lipinski definition) is 2. The van der Waals surface area contributed by atoms with Gasteiger partial charge < -0.3 is 5.11 Å². The van der Waals surface area contributed by atoms with Crippen molar-refractivity contribution in [1.29, 1.82) is 0 Å². The second-order valence-corrected chi connectivity index (χ2v) is 6.50. The van der Waals surface area contributed by atoms with Crippen molar-refractivity contribution < 1.29 is 27.1 Å². The van der Waals surface area contributed by atoms with Gasteiger partial charge in [-0.3, -0.25) is 4.72 Å². The number of nitrogens with one attached hydrogen (secondary N) is 1. The molecule has 114 valence electrons. The molecule has 0 radical (unpaired) electrons. The summed E-state index contributed by atoms with van der Waals surface area (Å²) in [5.74, 6) is -3.84. The average molecular weight is 317 g/mol. The first-order valence-electron chi connectivity index (χ1n) is 6.22. The van der Waals surface area contributed by atoms with Crippen molar-refractivity contribution in [2.45, 2.75) is 24.5 Å². The molecule has 1 aliphatic rings. The second kappa shape index (κ2) is 5.80. The van der Waals surface area contributed by atoms with E-state index in [2.05, 4.69) is 0 Å². The minimum atomic E-state index is -4.18. The van der Waals surface area contributed by atoms with Crippen molar-refractivity contribution in [1.82, 2.24) is 0 Å². The monoisotopic (exact) mass is 317 g/mol.